The summed E-state index contributed by atoms with van der Waals surface area (Å²) < 4.78 is 2.01. The predicted molar refractivity (Wildman–Crippen MR) is 74.6 cm³/mol. The van der Waals surface area contributed by atoms with E-state index < -0.39 is 0 Å². The molecular formula is C14H9BrN2O. The molecule has 3 nitrogen and oxygen atoms in total. The number of aromatic nitrogens is 2. The third-order valence-corrected chi connectivity index (χ3v) is 3.32. The molecule has 1 aromatic carbocycles. The van der Waals surface area contributed by atoms with Gasteiger partial charge >= 0.3 is 0 Å². The van der Waals surface area contributed by atoms with Gasteiger partial charge in [0.25, 0.3) is 5.56 Å². The summed E-state index contributed by atoms with van der Waals surface area (Å²) in [5.74, 6) is 0. The summed E-state index contributed by atoms with van der Waals surface area (Å²) in [6.07, 6.45) is 3.27. The van der Waals surface area contributed by atoms with Crippen LogP contribution in [0.2, 0.25) is 0 Å². The van der Waals surface area contributed by atoms with Gasteiger partial charge in [0.1, 0.15) is 10.1 Å². The van der Waals surface area contributed by atoms with Crippen molar-refractivity contribution in [3.63, 3.8) is 0 Å². The number of benzene rings is 1. The number of hydrogen-bond donors (Lipinski definition) is 0. The van der Waals surface area contributed by atoms with Crippen LogP contribution in [0.5, 0.6) is 0 Å². The lowest BCUT2D eigenvalue weighted by Gasteiger charge is -2.06. The third kappa shape index (κ3) is 1.75. The van der Waals surface area contributed by atoms with Crippen LogP contribution in [0.15, 0.2) is 64.1 Å². The van der Waals surface area contributed by atoms with Gasteiger partial charge in [-0.25, -0.2) is 4.98 Å². The maximum Gasteiger partial charge on any atom is 0.272 e. The second-order valence-corrected chi connectivity index (χ2v) is 4.75. The first-order chi connectivity index (χ1) is 8.77. The molecule has 2 heterocycles. The van der Waals surface area contributed by atoms with Gasteiger partial charge in [0.2, 0.25) is 0 Å². The molecule has 0 aliphatic heterocycles. The molecule has 0 spiro atoms. The summed E-state index contributed by atoms with van der Waals surface area (Å²) >= 11 is 3.20. The number of rotatable bonds is 1. The van der Waals surface area contributed by atoms with Gasteiger partial charge in [-0.1, -0.05) is 30.3 Å². The molecule has 0 aliphatic carbocycles. The maximum absolute atomic E-state index is 12.0. The van der Waals surface area contributed by atoms with Gasteiger partial charge in [-0.15, -0.1) is 0 Å². The molecule has 88 valence electrons. The number of pyridine rings is 1. The zero-order chi connectivity index (χ0) is 12.5. The first kappa shape index (κ1) is 11.2. The monoisotopic (exact) mass is 300 g/mol. The topological polar surface area (TPSA) is 34.4 Å². The Kier molecular flexibility index (Phi) is 2.72. The molecule has 0 unspecified atom stereocenters. The van der Waals surface area contributed by atoms with Gasteiger partial charge in [0.05, 0.1) is 0 Å². The van der Waals surface area contributed by atoms with Crippen LogP contribution in [0.3, 0.4) is 0 Å². The van der Waals surface area contributed by atoms with Crippen LogP contribution in [0, 0.1) is 0 Å². The summed E-state index contributed by atoms with van der Waals surface area (Å²) in [7, 11) is 0. The van der Waals surface area contributed by atoms with Gasteiger partial charge in [-0.3, -0.25) is 9.20 Å². The van der Waals surface area contributed by atoms with E-state index >= 15 is 0 Å². The van der Waals surface area contributed by atoms with Gasteiger partial charge in [0, 0.05) is 18.0 Å². The van der Waals surface area contributed by atoms with Crippen molar-refractivity contribution in [2.75, 3.05) is 0 Å². The molecule has 0 saturated carbocycles. The smallest absolute Gasteiger partial charge is 0.268 e. The normalized spacial score (nSPS) is 10.7. The lowest BCUT2D eigenvalue weighted by atomic mass is 10.1. The molecule has 3 aromatic rings. The molecule has 0 fully saturated rings. The minimum Gasteiger partial charge on any atom is -0.268 e. The van der Waals surface area contributed by atoms with E-state index in [0.717, 1.165) is 11.1 Å². The Morgan fingerprint density at radius 2 is 1.83 bits per heavy atom. The quantitative estimate of drug-likeness (QED) is 0.692. The molecule has 4 heteroatoms. The molecule has 2 aromatic heterocycles. The van der Waals surface area contributed by atoms with Crippen molar-refractivity contribution < 1.29 is 0 Å². The summed E-state index contributed by atoms with van der Waals surface area (Å²) in [6, 6.07) is 13.7. The second-order valence-electron chi connectivity index (χ2n) is 3.89. The summed E-state index contributed by atoms with van der Waals surface area (Å²) in [5.41, 5.74) is 2.56. The van der Waals surface area contributed by atoms with E-state index in [4.69, 9.17) is 0 Å². The Balaban J connectivity index is 2.39. The largest absolute Gasteiger partial charge is 0.272 e. The van der Waals surface area contributed by atoms with Crippen LogP contribution in [-0.4, -0.2) is 9.38 Å². The van der Waals surface area contributed by atoms with Crippen molar-refractivity contribution in [1.29, 1.82) is 0 Å². The molecule has 3 rings (SSSR count). The van der Waals surface area contributed by atoms with Crippen molar-refractivity contribution in [2.24, 2.45) is 0 Å². The molecule has 0 amide bonds. The minimum atomic E-state index is -0.0993. The van der Waals surface area contributed by atoms with E-state index in [2.05, 4.69) is 20.9 Å². The molecule has 0 atom stereocenters. The average Bonchev–Trinajstić information content (AvgIpc) is 2.43. The molecule has 18 heavy (non-hydrogen) atoms. The standard InChI is InChI=1S/C14H9BrN2O/c15-12-9-16-13-11(10-5-2-1-3-6-10)7-4-8-17(13)14(12)18/h1-9H. The summed E-state index contributed by atoms with van der Waals surface area (Å²) in [4.78, 5) is 16.3. The Morgan fingerprint density at radius 1 is 1.06 bits per heavy atom. The first-order valence-corrected chi connectivity index (χ1v) is 6.28. The molecular weight excluding hydrogens is 292 g/mol. The third-order valence-electron chi connectivity index (χ3n) is 2.78. The highest BCUT2D eigenvalue weighted by molar-refractivity contribution is 9.10. The van der Waals surface area contributed by atoms with Gasteiger partial charge < -0.3 is 0 Å². The van der Waals surface area contributed by atoms with E-state index in [0.29, 0.717) is 10.1 Å². The summed E-state index contributed by atoms with van der Waals surface area (Å²) in [5, 5.41) is 0. The highest BCUT2D eigenvalue weighted by atomic mass is 79.9. The van der Waals surface area contributed by atoms with Crippen molar-refractivity contribution in [3.8, 4) is 11.1 Å². The first-order valence-electron chi connectivity index (χ1n) is 5.49. The van der Waals surface area contributed by atoms with Crippen LogP contribution >= 0.6 is 15.9 Å². The average molecular weight is 301 g/mol. The molecule has 0 aliphatic rings. The van der Waals surface area contributed by atoms with Crippen LogP contribution in [0.1, 0.15) is 0 Å². The number of fused-ring (bicyclic) bond motifs is 1. The Bertz CT molecular complexity index is 766. The van der Waals surface area contributed by atoms with Crippen molar-refractivity contribution >= 4 is 21.6 Å². The number of hydrogen-bond acceptors (Lipinski definition) is 2. The predicted octanol–water partition coefficient (Wildman–Crippen LogP) is 3.12. The second kappa shape index (κ2) is 4.38. The summed E-state index contributed by atoms with van der Waals surface area (Å²) in [6.45, 7) is 0. The molecule has 0 bridgehead atoms. The van der Waals surface area contributed by atoms with Crippen LogP contribution in [0.25, 0.3) is 16.8 Å². The van der Waals surface area contributed by atoms with Gasteiger partial charge in [-0.2, -0.15) is 0 Å². The highest BCUT2D eigenvalue weighted by Crippen LogP contribution is 2.22. The van der Waals surface area contributed by atoms with E-state index in [1.807, 2.05) is 42.5 Å². The zero-order valence-electron chi connectivity index (χ0n) is 9.38. The molecule has 0 radical (unpaired) electrons. The zero-order valence-corrected chi connectivity index (χ0v) is 11.0. The fourth-order valence-electron chi connectivity index (χ4n) is 1.93. The Hall–Kier alpha value is -1.94. The van der Waals surface area contributed by atoms with E-state index in [9.17, 15) is 4.79 Å². The minimum absolute atomic E-state index is 0.0993. The van der Waals surface area contributed by atoms with Crippen LogP contribution in [0.4, 0.5) is 0 Å². The number of halogens is 1. The lowest BCUT2D eigenvalue weighted by Crippen LogP contribution is -2.15. The molecule has 0 N–H and O–H groups in total. The fraction of sp³-hybridized carbons (Fsp3) is 0. The Morgan fingerprint density at radius 3 is 2.61 bits per heavy atom. The SMILES string of the molecule is O=c1c(Br)cnc2c(-c3ccccc3)cccn12. The van der Waals surface area contributed by atoms with E-state index in [-0.39, 0.29) is 5.56 Å². The molecule has 0 saturated heterocycles. The maximum atomic E-state index is 12.0. The lowest BCUT2D eigenvalue weighted by molar-refractivity contribution is 1.03. The van der Waals surface area contributed by atoms with Crippen LogP contribution in [-0.2, 0) is 0 Å². The van der Waals surface area contributed by atoms with Crippen LogP contribution < -0.4 is 5.56 Å². The van der Waals surface area contributed by atoms with Crippen molar-refractivity contribution in [1.82, 2.24) is 9.38 Å². The van der Waals surface area contributed by atoms with Gasteiger partial charge in [-0.05, 0) is 33.6 Å². The van der Waals surface area contributed by atoms with E-state index in [1.54, 1.807) is 16.8 Å². The highest BCUT2D eigenvalue weighted by Gasteiger charge is 2.07. The Labute approximate surface area is 112 Å². The fourth-order valence-corrected chi connectivity index (χ4v) is 2.22. The van der Waals surface area contributed by atoms with E-state index in [1.165, 1.54) is 0 Å². The van der Waals surface area contributed by atoms with Gasteiger partial charge in [0.15, 0.2) is 0 Å². The number of nitrogens with zero attached hydrogens (tertiary/aromatic N) is 2. The van der Waals surface area contributed by atoms with Crippen molar-refractivity contribution in [2.45, 2.75) is 0 Å². The van der Waals surface area contributed by atoms with Crippen molar-refractivity contribution in [3.05, 3.63) is 69.7 Å².